The normalized spacial score (nSPS) is 15.1. The molecule has 5 nitrogen and oxygen atoms in total. The van der Waals surface area contributed by atoms with E-state index in [0.29, 0.717) is 18.0 Å². The van der Waals surface area contributed by atoms with Crippen LogP contribution >= 0.6 is 0 Å². The Morgan fingerprint density at radius 2 is 1.43 bits per heavy atom. The van der Waals surface area contributed by atoms with Crippen LogP contribution in [-0.4, -0.2) is 50.8 Å². The fraction of sp³-hybridized carbons (Fsp3) is 0.345. The lowest BCUT2D eigenvalue weighted by atomic mass is 9.93. The van der Waals surface area contributed by atoms with Crippen LogP contribution in [-0.2, 0) is 22.1 Å². The quantitative estimate of drug-likeness (QED) is 0.422. The van der Waals surface area contributed by atoms with Gasteiger partial charge in [0.25, 0.3) is 5.91 Å². The minimum Gasteiger partial charge on any atom is -0.342 e. The lowest BCUT2D eigenvalue weighted by Gasteiger charge is -2.32. The molecular weight excluding hydrogens is 456 g/mol. The van der Waals surface area contributed by atoms with Gasteiger partial charge in [-0.2, -0.15) is 0 Å². The Morgan fingerprint density at radius 1 is 0.857 bits per heavy atom. The molecule has 0 unspecified atom stereocenters. The molecule has 1 amide bonds. The van der Waals surface area contributed by atoms with Crippen molar-refractivity contribution < 1.29 is 13.2 Å². The molecule has 0 aromatic heterocycles. The van der Waals surface area contributed by atoms with Gasteiger partial charge >= 0.3 is 0 Å². The summed E-state index contributed by atoms with van der Waals surface area (Å²) in [6.07, 6.45) is 3.17. The van der Waals surface area contributed by atoms with Crippen molar-refractivity contribution in [2.75, 3.05) is 26.7 Å². The van der Waals surface area contributed by atoms with Crippen LogP contribution in [0.2, 0.25) is 0 Å². The zero-order valence-corrected chi connectivity index (χ0v) is 21.2. The molecule has 35 heavy (non-hydrogen) atoms. The van der Waals surface area contributed by atoms with Gasteiger partial charge in [-0.1, -0.05) is 72.8 Å². The fourth-order valence-electron chi connectivity index (χ4n) is 4.74. The summed E-state index contributed by atoms with van der Waals surface area (Å²) in [4.78, 5) is 17.5. The molecule has 4 rings (SSSR count). The molecule has 6 heteroatoms. The number of hydrogen-bond donors (Lipinski definition) is 0. The molecule has 1 heterocycles. The van der Waals surface area contributed by atoms with E-state index in [9.17, 15) is 13.2 Å². The highest BCUT2D eigenvalue weighted by molar-refractivity contribution is 7.90. The summed E-state index contributed by atoms with van der Waals surface area (Å²) in [5.41, 5.74) is 2.31. The summed E-state index contributed by atoms with van der Waals surface area (Å²) < 4.78 is 26.3. The number of amides is 1. The van der Waals surface area contributed by atoms with Crippen molar-refractivity contribution in [3.8, 4) is 0 Å². The summed E-state index contributed by atoms with van der Waals surface area (Å²) in [5.74, 6) is 0.219. The fourth-order valence-corrected chi connectivity index (χ4v) is 6.31. The molecule has 0 N–H and O–H groups in total. The molecule has 3 aromatic rings. The lowest BCUT2D eigenvalue weighted by Crippen LogP contribution is -2.35. The lowest BCUT2D eigenvalue weighted by molar-refractivity contribution is 0.0773. The van der Waals surface area contributed by atoms with Crippen molar-refractivity contribution in [1.82, 2.24) is 9.80 Å². The monoisotopic (exact) mass is 490 g/mol. The molecule has 3 aromatic carbocycles. The first-order chi connectivity index (χ1) is 16.9. The van der Waals surface area contributed by atoms with Gasteiger partial charge in [0, 0.05) is 20.1 Å². The Balaban J connectivity index is 1.32. The van der Waals surface area contributed by atoms with Crippen LogP contribution < -0.4 is 0 Å². The number of rotatable bonds is 9. The minimum atomic E-state index is -3.64. The summed E-state index contributed by atoms with van der Waals surface area (Å²) in [6, 6.07) is 26.2. The first-order valence-corrected chi connectivity index (χ1v) is 13.9. The van der Waals surface area contributed by atoms with Crippen LogP contribution in [0.5, 0.6) is 0 Å². The van der Waals surface area contributed by atoms with Crippen molar-refractivity contribution in [3.05, 3.63) is 102 Å². The first kappa shape index (κ1) is 25.1. The maximum Gasteiger partial charge on any atom is 0.254 e. The number of carbonyl (C=O) groups excluding carboxylic acids is 1. The highest BCUT2D eigenvalue weighted by Gasteiger charge is 2.25. The van der Waals surface area contributed by atoms with E-state index in [-0.39, 0.29) is 22.1 Å². The summed E-state index contributed by atoms with van der Waals surface area (Å²) >= 11 is 0. The average Bonchev–Trinajstić information content (AvgIpc) is 2.88. The average molecular weight is 491 g/mol. The third kappa shape index (κ3) is 6.80. The van der Waals surface area contributed by atoms with E-state index < -0.39 is 9.84 Å². The zero-order chi connectivity index (χ0) is 24.7. The molecule has 184 valence electrons. The van der Waals surface area contributed by atoms with Crippen molar-refractivity contribution in [2.24, 2.45) is 5.92 Å². The standard InChI is InChI=1S/C29H34N2O3S/c1-30(19-16-24-17-20-31(21-18-24)22-25-10-4-2-5-11-25)29(32)27-14-8-9-15-28(27)35(33,34)23-26-12-6-3-7-13-26/h2-15,24H,16-23H2,1H3. The molecule has 1 saturated heterocycles. The number of nitrogens with zero attached hydrogens (tertiary/aromatic N) is 2. The Morgan fingerprint density at radius 3 is 2.09 bits per heavy atom. The number of likely N-dealkylation sites (tertiary alicyclic amines) is 1. The van der Waals surface area contributed by atoms with Gasteiger partial charge in [-0.05, 0) is 61.5 Å². The van der Waals surface area contributed by atoms with Gasteiger partial charge in [-0.25, -0.2) is 8.42 Å². The molecular formula is C29H34N2O3S. The van der Waals surface area contributed by atoms with Gasteiger partial charge in [0.2, 0.25) is 0 Å². The van der Waals surface area contributed by atoms with Gasteiger partial charge in [0.05, 0.1) is 16.2 Å². The number of carbonyl (C=O) groups is 1. The van der Waals surface area contributed by atoms with Gasteiger partial charge in [0.15, 0.2) is 9.84 Å². The van der Waals surface area contributed by atoms with Crippen molar-refractivity contribution >= 4 is 15.7 Å². The highest BCUT2D eigenvalue weighted by Crippen LogP contribution is 2.24. The number of piperidine rings is 1. The Labute approximate surface area is 209 Å². The van der Waals surface area contributed by atoms with E-state index in [1.807, 2.05) is 24.3 Å². The smallest absolute Gasteiger partial charge is 0.254 e. The second-order valence-electron chi connectivity index (χ2n) is 9.46. The van der Waals surface area contributed by atoms with Crippen LogP contribution in [0.4, 0.5) is 0 Å². The molecule has 0 aliphatic carbocycles. The largest absolute Gasteiger partial charge is 0.342 e. The second kappa shape index (κ2) is 11.6. The Hall–Kier alpha value is -2.96. The van der Waals surface area contributed by atoms with Gasteiger partial charge in [0.1, 0.15) is 0 Å². The molecule has 0 bridgehead atoms. The molecule has 0 atom stereocenters. The summed E-state index contributed by atoms with van der Waals surface area (Å²) in [7, 11) is -1.87. The van der Waals surface area contributed by atoms with Gasteiger partial charge < -0.3 is 4.90 Å². The van der Waals surface area contributed by atoms with Crippen LogP contribution in [0.25, 0.3) is 0 Å². The molecule has 1 aliphatic rings. The van der Waals surface area contributed by atoms with Crippen molar-refractivity contribution in [3.63, 3.8) is 0 Å². The number of hydrogen-bond acceptors (Lipinski definition) is 4. The topological polar surface area (TPSA) is 57.7 Å². The van der Waals surface area contributed by atoms with Crippen molar-refractivity contribution in [1.29, 1.82) is 0 Å². The second-order valence-corrected chi connectivity index (χ2v) is 11.4. The van der Waals surface area contributed by atoms with Crippen LogP contribution in [0.1, 0.15) is 40.7 Å². The number of sulfone groups is 1. The van der Waals surface area contributed by atoms with E-state index in [2.05, 4.69) is 29.2 Å². The summed E-state index contributed by atoms with van der Waals surface area (Å²) in [5, 5.41) is 0. The SMILES string of the molecule is CN(CCC1CCN(Cc2ccccc2)CC1)C(=O)c1ccccc1S(=O)(=O)Cc1ccccc1. The molecule has 1 aliphatic heterocycles. The van der Waals surface area contributed by atoms with Crippen LogP contribution in [0.3, 0.4) is 0 Å². The van der Waals surface area contributed by atoms with E-state index in [1.165, 1.54) is 5.56 Å². The maximum atomic E-state index is 13.2. The molecule has 0 saturated carbocycles. The predicted molar refractivity (Wildman–Crippen MR) is 140 cm³/mol. The molecule has 1 fully saturated rings. The third-order valence-corrected chi connectivity index (χ3v) is 8.57. The van der Waals surface area contributed by atoms with Gasteiger partial charge in [-0.15, -0.1) is 0 Å². The van der Waals surface area contributed by atoms with Crippen molar-refractivity contribution in [2.45, 2.75) is 36.5 Å². The maximum absolute atomic E-state index is 13.2. The van der Waals surface area contributed by atoms with E-state index in [4.69, 9.17) is 0 Å². The first-order valence-electron chi connectivity index (χ1n) is 12.3. The molecule has 0 radical (unpaired) electrons. The van der Waals surface area contributed by atoms with E-state index >= 15 is 0 Å². The third-order valence-electron chi connectivity index (χ3n) is 6.83. The van der Waals surface area contributed by atoms with Crippen LogP contribution in [0.15, 0.2) is 89.8 Å². The zero-order valence-electron chi connectivity index (χ0n) is 20.3. The summed E-state index contributed by atoms with van der Waals surface area (Å²) in [6.45, 7) is 3.74. The Bertz CT molecular complexity index is 1200. The van der Waals surface area contributed by atoms with Crippen LogP contribution in [0, 0.1) is 5.92 Å². The predicted octanol–water partition coefficient (Wildman–Crippen LogP) is 5.03. The van der Waals surface area contributed by atoms with E-state index in [1.54, 1.807) is 48.3 Å². The minimum absolute atomic E-state index is 0.106. The molecule has 0 spiro atoms. The van der Waals surface area contributed by atoms with E-state index in [0.717, 1.165) is 38.9 Å². The highest BCUT2D eigenvalue weighted by atomic mass is 32.2. The van der Waals surface area contributed by atoms with Gasteiger partial charge in [-0.3, -0.25) is 9.69 Å². The Kier molecular flexibility index (Phi) is 8.37. The number of benzene rings is 3.